The van der Waals surface area contributed by atoms with Gasteiger partial charge in [0.15, 0.2) is 0 Å². The summed E-state index contributed by atoms with van der Waals surface area (Å²) >= 11 is 5.95. The van der Waals surface area contributed by atoms with Gasteiger partial charge in [-0.1, -0.05) is 11.6 Å². The normalized spacial score (nSPS) is 10.3. The molecular formula is C12H16ClNO4. The van der Waals surface area contributed by atoms with Gasteiger partial charge in [0, 0.05) is 13.2 Å². The molecule has 5 nitrogen and oxygen atoms in total. The minimum absolute atomic E-state index is 0.0237. The number of nitrogens with one attached hydrogen (secondary N) is 1. The molecule has 0 aliphatic rings. The number of anilines is 1. The molecule has 0 radical (unpaired) electrons. The zero-order valence-electron chi connectivity index (χ0n) is 9.86. The summed E-state index contributed by atoms with van der Waals surface area (Å²) in [6.07, 6.45) is 0.775. The van der Waals surface area contributed by atoms with Crippen molar-refractivity contribution in [3.05, 3.63) is 28.8 Å². The fourth-order valence-electron chi connectivity index (χ4n) is 1.36. The van der Waals surface area contributed by atoms with Crippen molar-refractivity contribution < 1.29 is 19.7 Å². The largest absolute Gasteiger partial charge is 0.478 e. The quantitative estimate of drug-likeness (QED) is 0.630. The Labute approximate surface area is 110 Å². The van der Waals surface area contributed by atoms with Crippen LogP contribution < -0.4 is 5.32 Å². The Kier molecular flexibility index (Phi) is 6.49. The summed E-state index contributed by atoms with van der Waals surface area (Å²) < 4.78 is 5.10. The molecule has 3 N–H and O–H groups in total. The van der Waals surface area contributed by atoms with E-state index in [0.29, 0.717) is 30.5 Å². The van der Waals surface area contributed by atoms with E-state index in [-0.39, 0.29) is 12.2 Å². The Balaban J connectivity index is 2.36. The van der Waals surface area contributed by atoms with E-state index in [9.17, 15) is 4.79 Å². The number of hydrogen-bond donors (Lipinski definition) is 3. The molecule has 0 atom stereocenters. The van der Waals surface area contributed by atoms with Gasteiger partial charge in [-0.25, -0.2) is 4.79 Å². The fraction of sp³-hybridized carbons (Fsp3) is 0.417. The Hall–Kier alpha value is -1.30. The van der Waals surface area contributed by atoms with Crippen molar-refractivity contribution in [1.82, 2.24) is 0 Å². The SMILES string of the molecule is O=C(O)c1ccc(NCCCOCCO)c(Cl)c1. The smallest absolute Gasteiger partial charge is 0.335 e. The van der Waals surface area contributed by atoms with Crippen LogP contribution in [0.5, 0.6) is 0 Å². The van der Waals surface area contributed by atoms with Crippen LogP contribution in [0, 0.1) is 0 Å². The fourth-order valence-corrected chi connectivity index (χ4v) is 1.60. The van der Waals surface area contributed by atoms with Crippen LogP contribution in [-0.4, -0.2) is 42.5 Å². The zero-order chi connectivity index (χ0) is 13.4. The molecule has 0 aromatic heterocycles. The molecule has 18 heavy (non-hydrogen) atoms. The number of carboxylic acids is 1. The van der Waals surface area contributed by atoms with Crippen molar-refractivity contribution in [1.29, 1.82) is 0 Å². The third kappa shape index (κ3) is 4.91. The maximum atomic E-state index is 10.7. The summed E-state index contributed by atoms with van der Waals surface area (Å²) in [5.41, 5.74) is 0.862. The summed E-state index contributed by atoms with van der Waals surface area (Å²) in [5.74, 6) is -0.999. The highest BCUT2D eigenvalue weighted by Gasteiger charge is 2.06. The molecule has 0 unspecified atom stereocenters. The highest BCUT2D eigenvalue weighted by molar-refractivity contribution is 6.33. The zero-order valence-corrected chi connectivity index (χ0v) is 10.6. The van der Waals surface area contributed by atoms with Crippen molar-refractivity contribution in [2.75, 3.05) is 31.7 Å². The number of carboxylic acid groups (broad SMARTS) is 1. The lowest BCUT2D eigenvalue weighted by Gasteiger charge is -2.09. The van der Waals surface area contributed by atoms with Gasteiger partial charge in [-0.2, -0.15) is 0 Å². The maximum absolute atomic E-state index is 10.7. The minimum atomic E-state index is -0.999. The lowest BCUT2D eigenvalue weighted by molar-refractivity contribution is 0.0697. The van der Waals surface area contributed by atoms with Crippen molar-refractivity contribution in [2.45, 2.75) is 6.42 Å². The lowest BCUT2D eigenvalue weighted by atomic mass is 10.2. The lowest BCUT2D eigenvalue weighted by Crippen LogP contribution is -2.08. The van der Waals surface area contributed by atoms with E-state index in [4.69, 9.17) is 26.6 Å². The van der Waals surface area contributed by atoms with Gasteiger partial charge in [-0.05, 0) is 24.6 Å². The third-order valence-electron chi connectivity index (χ3n) is 2.23. The van der Waals surface area contributed by atoms with Crippen LogP contribution in [0.15, 0.2) is 18.2 Å². The molecule has 0 spiro atoms. The van der Waals surface area contributed by atoms with Gasteiger partial charge in [0.2, 0.25) is 0 Å². The average molecular weight is 274 g/mol. The summed E-state index contributed by atoms with van der Waals surface area (Å²) in [6.45, 7) is 1.58. The highest BCUT2D eigenvalue weighted by atomic mass is 35.5. The molecule has 0 fully saturated rings. The number of halogens is 1. The number of hydrogen-bond acceptors (Lipinski definition) is 4. The number of aromatic carboxylic acids is 1. The minimum Gasteiger partial charge on any atom is -0.478 e. The first kappa shape index (κ1) is 14.8. The first-order chi connectivity index (χ1) is 8.65. The molecule has 0 amide bonds. The second-order valence-corrected chi connectivity index (χ2v) is 4.02. The molecule has 0 aliphatic carbocycles. The Bertz CT molecular complexity index is 398. The van der Waals surface area contributed by atoms with Crippen LogP contribution in [0.2, 0.25) is 5.02 Å². The van der Waals surface area contributed by atoms with Gasteiger partial charge >= 0.3 is 5.97 Å². The summed E-state index contributed by atoms with van der Waals surface area (Å²) in [7, 11) is 0. The van der Waals surface area contributed by atoms with Gasteiger partial charge in [0.05, 0.1) is 29.5 Å². The molecule has 0 aliphatic heterocycles. The molecule has 1 aromatic carbocycles. The Morgan fingerprint density at radius 2 is 2.17 bits per heavy atom. The number of carbonyl (C=O) groups is 1. The predicted molar refractivity (Wildman–Crippen MR) is 69.4 cm³/mol. The van der Waals surface area contributed by atoms with E-state index in [2.05, 4.69) is 5.32 Å². The van der Waals surface area contributed by atoms with Crippen molar-refractivity contribution >= 4 is 23.3 Å². The van der Waals surface area contributed by atoms with Gasteiger partial charge in [0.1, 0.15) is 0 Å². The molecule has 1 rings (SSSR count). The van der Waals surface area contributed by atoms with Crippen molar-refractivity contribution in [3.63, 3.8) is 0 Å². The highest BCUT2D eigenvalue weighted by Crippen LogP contribution is 2.22. The van der Waals surface area contributed by atoms with E-state index >= 15 is 0 Å². The molecule has 1 aromatic rings. The second-order valence-electron chi connectivity index (χ2n) is 3.62. The van der Waals surface area contributed by atoms with Gasteiger partial charge in [0.25, 0.3) is 0 Å². The second kappa shape index (κ2) is 7.92. The third-order valence-corrected chi connectivity index (χ3v) is 2.55. The van der Waals surface area contributed by atoms with E-state index < -0.39 is 5.97 Å². The van der Waals surface area contributed by atoms with Crippen LogP contribution >= 0.6 is 11.6 Å². The van der Waals surface area contributed by atoms with Crippen LogP contribution in [0.1, 0.15) is 16.8 Å². The molecule has 6 heteroatoms. The van der Waals surface area contributed by atoms with E-state index in [1.165, 1.54) is 12.1 Å². The maximum Gasteiger partial charge on any atom is 0.335 e. The number of ether oxygens (including phenoxy) is 1. The molecule has 0 saturated carbocycles. The Morgan fingerprint density at radius 3 is 2.78 bits per heavy atom. The first-order valence-corrected chi connectivity index (χ1v) is 5.98. The predicted octanol–water partition coefficient (Wildman–Crippen LogP) is 1.85. The van der Waals surface area contributed by atoms with Gasteiger partial charge < -0.3 is 20.3 Å². The van der Waals surface area contributed by atoms with Gasteiger partial charge in [-0.15, -0.1) is 0 Å². The van der Waals surface area contributed by atoms with E-state index in [1.807, 2.05) is 0 Å². The van der Waals surface area contributed by atoms with Crippen LogP contribution in [0.3, 0.4) is 0 Å². The topological polar surface area (TPSA) is 78.8 Å². The number of aliphatic hydroxyl groups excluding tert-OH is 1. The van der Waals surface area contributed by atoms with Crippen molar-refractivity contribution in [2.24, 2.45) is 0 Å². The van der Waals surface area contributed by atoms with Crippen LogP contribution in [-0.2, 0) is 4.74 Å². The summed E-state index contributed by atoms with van der Waals surface area (Å²) in [5, 5.41) is 20.8. The molecule has 0 saturated heterocycles. The van der Waals surface area contributed by atoms with Crippen LogP contribution in [0.25, 0.3) is 0 Å². The monoisotopic (exact) mass is 273 g/mol. The molecule has 100 valence electrons. The molecule has 0 heterocycles. The standard InChI is InChI=1S/C12H16ClNO4/c13-10-8-9(12(16)17)2-3-11(10)14-4-1-6-18-7-5-15/h2-3,8,14-15H,1,4-7H2,(H,16,17). The van der Waals surface area contributed by atoms with Crippen LogP contribution in [0.4, 0.5) is 5.69 Å². The average Bonchev–Trinajstić information content (AvgIpc) is 2.35. The first-order valence-electron chi connectivity index (χ1n) is 5.60. The van der Waals surface area contributed by atoms with E-state index in [0.717, 1.165) is 6.42 Å². The number of benzene rings is 1. The number of aliphatic hydroxyl groups is 1. The van der Waals surface area contributed by atoms with Crippen molar-refractivity contribution in [3.8, 4) is 0 Å². The molecule has 0 bridgehead atoms. The number of rotatable bonds is 8. The summed E-state index contributed by atoms with van der Waals surface area (Å²) in [6, 6.07) is 4.55. The summed E-state index contributed by atoms with van der Waals surface area (Å²) in [4.78, 5) is 10.7. The van der Waals surface area contributed by atoms with E-state index in [1.54, 1.807) is 6.07 Å². The van der Waals surface area contributed by atoms with Gasteiger partial charge in [-0.3, -0.25) is 0 Å². The Morgan fingerprint density at radius 1 is 1.39 bits per heavy atom. The molecular weight excluding hydrogens is 258 g/mol.